The van der Waals surface area contributed by atoms with Gasteiger partial charge in [0.1, 0.15) is 0 Å². The number of rotatable bonds is 2. The maximum Gasteiger partial charge on any atom is 0.0435 e. The lowest BCUT2D eigenvalue weighted by atomic mass is 9.82. The van der Waals surface area contributed by atoms with Crippen molar-refractivity contribution >= 4 is 26.7 Å². The predicted molar refractivity (Wildman–Crippen MR) is 89.3 cm³/mol. The van der Waals surface area contributed by atoms with Gasteiger partial charge in [-0.25, -0.2) is 0 Å². The van der Waals surface area contributed by atoms with Crippen LogP contribution in [0.5, 0.6) is 0 Å². The molecular formula is C19H21Br. The van der Waals surface area contributed by atoms with Crippen LogP contribution in [0, 0.1) is 24.7 Å². The zero-order valence-electron chi connectivity index (χ0n) is 12.0. The summed E-state index contributed by atoms with van der Waals surface area (Å²) in [5.74, 6) is 2.82. The van der Waals surface area contributed by atoms with Crippen LogP contribution < -0.4 is 0 Å². The topological polar surface area (TPSA) is 0 Å². The molecule has 2 aromatic carbocycles. The molecule has 0 nitrogen and oxygen atoms in total. The maximum absolute atomic E-state index is 4.09. The minimum atomic E-state index is 0.531. The van der Waals surface area contributed by atoms with E-state index in [-0.39, 0.29) is 0 Å². The van der Waals surface area contributed by atoms with E-state index in [9.17, 15) is 0 Å². The third-order valence-electron chi connectivity index (χ3n) is 5.63. The van der Waals surface area contributed by atoms with Crippen molar-refractivity contribution in [1.82, 2.24) is 0 Å². The van der Waals surface area contributed by atoms with Crippen LogP contribution in [-0.4, -0.2) is 0 Å². The fourth-order valence-corrected chi connectivity index (χ4v) is 5.89. The van der Waals surface area contributed by atoms with Crippen LogP contribution in [0.15, 0.2) is 36.4 Å². The second-order valence-corrected chi connectivity index (χ2v) is 7.74. The van der Waals surface area contributed by atoms with Gasteiger partial charge in [-0.15, -0.1) is 0 Å². The van der Waals surface area contributed by atoms with Crippen LogP contribution in [-0.2, 0) is 0 Å². The average Bonchev–Trinajstić information content (AvgIpc) is 3.09. The molecule has 2 bridgehead atoms. The number of hydrogen-bond acceptors (Lipinski definition) is 0. The summed E-state index contributed by atoms with van der Waals surface area (Å²) in [4.78, 5) is 0.531. The second-order valence-electron chi connectivity index (χ2n) is 6.76. The largest absolute Gasteiger partial charge is 0.0835 e. The Bertz CT molecular complexity index is 645. The lowest BCUT2D eigenvalue weighted by Gasteiger charge is -2.28. The minimum Gasteiger partial charge on any atom is -0.0835 e. The normalized spacial score (nSPS) is 30.0. The zero-order chi connectivity index (χ0) is 13.7. The molecule has 4 rings (SSSR count). The first-order valence-electron chi connectivity index (χ1n) is 7.86. The highest BCUT2D eigenvalue weighted by atomic mass is 79.9. The number of fused-ring (bicyclic) bond motifs is 3. The highest BCUT2D eigenvalue weighted by Crippen LogP contribution is 2.55. The standard InChI is InChI=1S/C19H21Br/c1-12-6-8-14-4-2-3-5-16(14)18(12)19(20)17-11-13-7-9-15(17)10-13/h2-6,8,13,15,17,19H,7,9-11H2,1H3. The molecule has 4 unspecified atom stereocenters. The van der Waals surface area contributed by atoms with Crippen molar-refractivity contribution in [3.8, 4) is 0 Å². The van der Waals surface area contributed by atoms with Crippen molar-refractivity contribution in [1.29, 1.82) is 0 Å². The van der Waals surface area contributed by atoms with Gasteiger partial charge in [0, 0.05) is 4.83 Å². The zero-order valence-corrected chi connectivity index (χ0v) is 13.6. The van der Waals surface area contributed by atoms with E-state index in [1.807, 2.05) is 0 Å². The molecule has 0 amide bonds. The molecule has 0 N–H and O–H groups in total. The Kier molecular flexibility index (Phi) is 3.14. The van der Waals surface area contributed by atoms with E-state index < -0.39 is 0 Å². The third kappa shape index (κ3) is 1.94. The maximum atomic E-state index is 4.09. The highest BCUT2D eigenvalue weighted by Gasteiger charge is 2.43. The SMILES string of the molecule is Cc1ccc2ccccc2c1C(Br)C1CC2CCC1C2. The van der Waals surface area contributed by atoms with E-state index in [2.05, 4.69) is 59.3 Å². The first kappa shape index (κ1) is 12.9. The Labute approximate surface area is 129 Å². The Hall–Kier alpha value is -0.820. The fourth-order valence-electron chi connectivity index (χ4n) is 4.64. The second kappa shape index (κ2) is 4.87. The Morgan fingerprint density at radius 2 is 1.90 bits per heavy atom. The van der Waals surface area contributed by atoms with E-state index >= 15 is 0 Å². The lowest BCUT2D eigenvalue weighted by Crippen LogP contribution is -2.16. The third-order valence-corrected chi connectivity index (χ3v) is 6.77. The van der Waals surface area contributed by atoms with Gasteiger partial charge in [0.25, 0.3) is 0 Å². The minimum absolute atomic E-state index is 0.531. The molecule has 2 saturated carbocycles. The van der Waals surface area contributed by atoms with Gasteiger partial charge >= 0.3 is 0 Å². The lowest BCUT2D eigenvalue weighted by molar-refractivity contribution is 0.330. The summed E-state index contributed by atoms with van der Waals surface area (Å²) in [6.07, 6.45) is 5.86. The van der Waals surface area contributed by atoms with Gasteiger partial charge in [0.2, 0.25) is 0 Å². The molecule has 2 aromatic rings. The molecule has 2 aliphatic rings. The Balaban J connectivity index is 1.79. The number of hydrogen-bond donors (Lipinski definition) is 0. The number of aryl methyl sites for hydroxylation is 1. The molecule has 1 heteroatoms. The van der Waals surface area contributed by atoms with E-state index in [1.54, 1.807) is 5.56 Å². The molecule has 4 atom stereocenters. The molecule has 0 saturated heterocycles. The summed E-state index contributed by atoms with van der Waals surface area (Å²) in [6, 6.07) is 13.4. The summed E-state index contributed by atoms with van der Waals surface area (Å²) in [6.45, 7) is 2.27. The van der Waals surface area contributed by atoms with E-state index in [0.717, 1.165) is 17.8 Å². The first-order valence-corrected chi connectivity index (χ1v) is 8.78. The van der Waals surface area contributed by atoms with Crippen molar-refractivity contribution in [2.75, 3.05) is 0 Å². The van der Waals surface area contributed by atoms with Crippen molar-refractivity contribution in [3.63, 3.8) is 0 Å². The number of benzene rings is 2. The van der Waals surface area contributed by atoms with Crippen molar-refractivity contribution < 1.29 is 0 Å². The van der Waals surface area contributed by atoms with Crippen LogP contribution >= 0.6 is 15.9 Å². The van der Waals surface area contributed by atoms with Crippen LogP contribution in [0.4, 0.5) is 0 Å². The van der Waals surface area contributed by atoms with E-state index in [1.165, 1.54) is 42.0 Å². The summed E-state index contributed by atoms with van der Waals surface area (Å²) in [7, 11) is 0. The molecule has 104 valence electrons. The predicted octanol–water partition coefficient (Wildman–Crippen LogP) is 6.02. The number of alkyl halides is 1. The molecule has 0 spiro atoms. The summed E-state index contributed by atoms with van der Waals surface area (Å²) in [5.41, 5.74) is 2.98. The van der Waals surface area contributed by atoms with Crippen molar-refractivity contribution in [2.45, 2.75) is 37.4 Å². The Morgan fingerprint density at radius 1 is 1.05 bits per heavy atom. The smallest absolute Gasteiger partial charge is 0.0435 e. The number of halogens is 1. The van der Waals surface area contributed by atoms with Crippen LogP contribution in [0.2, 0.25) is 0 Å². The monoisotopic (exact) mass is 328 g/mol. The average molecular weight is 329 g/mol. The molecule has 2 fully saturated rings. The van der Waals surface area contributed by atoms with Crippen LogP contribution in [0.25, 0.3) is 10.8 Å². The van der Waals surface area contributed by atoms with Gasteiger partial charge in [0.05, 0.1) is 0 Å². The van der Waals surface area contributed by atoms with Crippen LogP contribution in [0.1, 0.15) is 41.6 Å². The molecular weight excluding hydrogens is 308 g/mol. The molecule has 0 radical (unpaired) electrons. The molecule has 0 aromatic heterocycles. The molecule has 2 aliphatic carbocycles. The van der Waals surface area contributed by atoms with Gasteiger partial charge in [-0.1, -0.05) is 58.7 Å². The Morgan fingerprint density at radius 3 is 2.65 bits per heavy atom. The van der Waals surface area contributed by atoms with Crippen molar-refractivity contribution in [3.05, 3.63) is 47.5 Å². The van der Waals surface area contributed by atoms with E-state index in [0.29, 0.717) is 4.83 Å². The molecule has 0 aliphatic heterocycles. The van der Waals surface area contributed by atoms with Gasteiger partial charge in [-0.05, 0) is 65.8 Å². The highest BCUT2D eigenvalue weighted by molar-refractivity contribution is 9.09. The molecule has 0 heterocycles. The molecule has 20 heavy (non-hydrogen) atoms. The first-order chi connectivity index (χ1) is 9.74. The fraction of sp³-hybridized carbons (Fsp3) is 0.474. The summed E-state index contributed by atoms with van der Waals surface area (Å²) in [5, 5.41) is 2.82. The van der Waals surface area contributed by atoms with Gasteiger partial charge in [-0.2, -0.15) is 0 Å². The van der Waals surface area contributed by atoms with E-state index in [4.69, 9.17) is 0 Å². The van der Waals surface area contributed by atoms with Gasteiger partial charge in [-0.3, -0.25) is 0 Å². The van der Waals surface area contributed by atoms with Gasteiger partial charge < -0.3 is 0 Å². The van der Waals surface area contributed by atoms with Gasteiger partial charge in [0.15, 0.2) is 0 Å². The summed E-state index contributed by atoms with van der Waals surface area (Å²) >= 11 is 4.09. The quantitative estimate of drug-likeness (QED) is 0.591. The summed E-state index contributed by atoms with van der Waals surface area (Å²) < 4.78 is 0. The van der Waals surface area contributed by atoms with Crippen LogP contribution in [0.3, 0.4) is 0 Å². The van der Waals surface area contributed by atoms with Crippen molar-refractivity contribution in [2.24, 2.45) is 17.8 Å².